The summed E-state index contributed by atoms with van der Waals surface area (Å²) in [5, 5.41) is 11.7. The van der Waals surface area contributed by atoms with Crippen LogP contribution in [-0.4, -0.2) is 23.0 Å². The summed E-state index contributed by atoms with van der Waals surface area (Å²) in [6.07, 6.45) is 5.66. The molecule has 0 aromatic carbocycles. The molecule has 0 aromatic heterocycles. The van der Waals surface area contributed by atoms with E-state index in [0.29, 0.717) is 6.42 Å². The molecule has 1 aliphatic carbocycles. The molecule has 100 valence electrons. The van der Waals surface area contributed by atoms with Gasteiger partial charge in [0.2, 0.25) is 5.91 Å². The van der Waals surface area contributed by atoms with Gasteiger partial charge in [0.15, 0.2) is 0 Å². The average molecular weight is 265 g/mol. The average Bonchev–Trinajstić information content (AvgIpc) is 2.28. The first-order valence-corrected chi connectivity index (χ1v) is 6.54. The van der Waals surface area contributed by atoms with Crippen LogP contribution < -0.4 is 34.9 Å². The normalized spacial score (nSPS) is 17.9. The van der Waals surface area contributed by atoms with Crippen LogP contribution in [0.4, 0.5) is 0 Å². The van der Waals surface area contributed by atoms with Gasteiger partial charge in [0.25, 0.3) is 0 Å². The smallest absolute Gasteiger partial charge is 1.00 e. The molecule has 0 unspecified atom stereocenters. The summed E-state index contributed by atoms with van der Waals surface area (Å²) in [5.74, 6) is -0.707. The molecule has 1 saturated carbocycles. The number of hydrogen-bond acceptors (Lipinski definition) is 2. The van der Waals surface area contributed by atoms with E-state index in [1.54, 1.807) is 0 Å². The zero-order chi connectivity index (χ0) is 12.8. The van der Waals surface area contributed by atoms with Crippen molar-refractivity contribution < 1.29 is 45.7 Å². The Morgan fingerprint density at radius 2 is 1.83 bits per heavy atom. The monoisotopic (exact) mass is 265 g/mol. The molecule has 1 aliphatic rings. The van der Waals surface area contributed by atoms with Gasteiger partial charge in [-0.15, -0.1) is 0 Å². The number of rotatable bonds is 5. The van der Waals surface area contributed by atoms with Crippen molar-refractivity contribution in [3.05, 3.63) is 0 Å². The van der Waals surface area contributed by atoms with Crippen LogP contribution in [0, 0.1) is 11.8 Å². The van der Waals surface area contributed by atoms with Crippen LogP contribution >= 0.6 is 0 Å². The number of carboxylic acids is 1. The van der Waals surface area contributed by atoms with Crippen LogP contribution in [0.15, 0.2) is 0 Å². The molecule has 0 heterocycles. The van der Waals surface area contributed by atoms with E-state index in [1.165, 1.54) is 6.42 Å². The molecule has 0 aromatic rings. The van der Waals surface area contributed by atoms with Crippen LogP contribution in [0.1, 0.15) is 53.8 Å². The second-order valence-corrected chi connectivity index (χ2v) is 5.36. The van der Waals surface area contributed by atoms with Crippen molar-refractivity contribution in [1.82, 2.24) is 5.32 Å². The Labute approximate surface area is 133 Å². The molecule has 1 rings (SSSR count). The van der Waals surface area contributed by atoms with Crippen molar-refractivity contribution in [1.29, 1.82) is 0 Å². The van der Waals surface area contributed by atoms with Crippen molar-refractivity contribution >= 4 is 11.9 Å². The summed E-state index contributed by atoms with van der Waals surface area (Å²) in [6.45, 7) is 3.92. The summed E-state index contributed by atoms with van der Waals surface area (Å²) in [7, 11) is 0. The second kappa shape index (κ2) is 8.94. The van der Waals surface area contributed by atoms with Crippen LogP contribution in [0.5, 0.6) is 0 Å². The molecule has 2 N–H and O–H groups in total. The first-order valence-electron chi connectivity index (χ1n) is 6.54. The fourth-order valence-electron chi connectivity index (χ4n) is 2.35. The number of carbonyl (C=O) groups excluding carboxylic acids is 1. The number of amides is 1. The molecular weight excluding hydrogens is 241 g/mol. The Kier molecular flexibility index (Phi) is 8.91. The third-order valence-electron chi connectivity index (χ3n) is 3.30. The van der Waals surface area contributed by atoms with Gasteiger partial charge in [0, 0.05) is 5.92 Å². The molecule has 0 saturated heterocycles. The van der Waals surface area contributed by atoms with Gasteiger partial charge in [-0.3, -0.25) is 4.79 Å². The maximum absolute atomic E-state index is 11.9. The van der Waals surface area contributed by atoms with Crippen molar-refractivity contribution in [2.75, 3.05) is 0 Å². The van der Waals surface area contributed by atoms with Gasteiger partial charge >= 0.3 is 35.5 Å². The Morgan fingerprint density at radius 3 is 2.28 bits per heavy atom. The van der Waals surface area contributed by atoms with Crippen LogP contribution in [-0.2, 0) is 9.59 Å². The van der Waals surface area contributed by atoms with Gasteiger partial charge in [-0.1, -0.05) is 33.1 Å². The first-order chi connectivity index (χ1) is 8.00. The van der Waals surface area contributed by atoms with Gasteiger partial charge in [-0.2, -0.15) is 0 Å². The van der Waals surface area contributed by atoms with E-state index in [4.69, 9.17) is 5.11 Å². The molecular formula is C13H24NNaO3. The SMILES string of the molecule is CC(C)C[C@H](NC(=O)C1CCCCC1)C(=O)O.[H-].[Na+]. The maximum atomic E-state index is 11.9. The van der Waals surface area contributed by atoms with E-state index in [9.17, 15) is 9.59 Å². The third kappa shape index (κ3) is 6.21. The van der Waals surface area contributed by atoms with E-state index in [2.05, 4.69) is 5.32 Å². The Balaban J connectivity index is 0. The van der Waals surface area contributed by atoms with E-state index in [-0.39, 0.29) is 48.7 Å². The summed E-state index contributed by atoms with van der Waals surface area (Å²) in [4.78, 5) is 23.0. The predicted molar refractivity (Wildman–Crippen MR) is 66.7 cm³/mol. The van der Waals surface area contributed by atoms with Crippen LogP contribution in [0.25, 0.3) is 0 Å². The minimum atomic E-state index is -0.928. The topological polar surface area (TPSA) is 66.4 Å². The fraction of sp³-hybridized carbons (Fsp3) is 0.846. The molecule has 0 aliphatic heterocycles. The fourth-order valence-corrected chi connectivity index (χ4v) is 2.35. The largest absolute Gasteiger partial charge is 1.00 e. The van der Waals surface area contributed by atoms with Gasteiger partial charge in [-0.05, 0) is 25.2 Å². The third-order valence-corrected chi connectivity index (χ3v) is 3.30. The van der Waals surface area contributed by atoms with Crippen molar-refractivity contribution in [3.8, 4) is 0 Å². The molecule has 1 atom stereocenters. The minimum absolute atomic E-state index is 0. The molecule has 1 amide bonds. The summed E-state index contributed by atoms with van der Waals surface area (Å²) < 4.78 is 0. The quantitative estimate of drug-likeness (QED) is 0.646. The zero-order valence-electron chi connectivity index (χ0n) is 12.7. The number of hydrogen-bond donors (Lipinski definition) is 2. The number of carboxylic acid groups (broad SMARTS) is 1. The van der Waals surface area contributed by atoms with Gasteiger partial charge in [0.05, 0.1) is 0 Å². The summed E-state index contributed by atoms with van der Waals surface area (Å²) >= 11 is 0. The zero-order valence-corrected chi connectivity index (χ0v) is 13.7. The van der Waals surface area contributed by atoms with Gasteiger partial charge in [0.1, 0.15) is 6.04 Å². The Bertz CT molecular complexity index is 281. The van der Waals surface area contributed by atoms with Crippen LogP contribution in [0.3, 0.4) is 0 Å². The molecule has 4 nitrogen and oxygen atoms in total. The summed E-state index contributed by atoms with van der Waals surface area (Å²) in [5.41, 5.74) is 0. The molecule has 1 fully saturated rings. The Morgan fingerprint density at radius 1 is 1.28 bits per heavy atom. The van der Waals surface area contributed by atoms with E-state index in [1.807, 2.05) is 13.8 Å². The van der Waals surface area contributed by atoms with E-state index in [0.717, 1.165) is 25.7 Å². The summed E-state index contributed by atoms with van der Waals surface area (Å²) in [6, 6.07) is -0.732. The standard InChI is InChI=1S/C13H23NO3.Na.H/c1-9(2)8-11(13(16)17)14-12(15)10-6-4-3-5-7-10;;/h9-11H,3-8H2,1-2H3,(H,14,15)(H,16,17);;/q;+1;-1/t11-;;/m0../s1. The number of aliphatic carboxylic acids is 1. The van der Waals surface area contributed by atoms with Crippen molar-refractivity contribution in [3.63, 3.8) is 0 Å². The van der Waals surface area contributed by atoms with Crippen molar-refractivity contribution in [2.24, 2.45) is 11.8 Å². The van der Waals surface area contributed by atoms with Gasteiger partial charge in [-0.25, -0.2) is 4.79 Å². The molecule has 0 spiro atoms. The van der Waals surface area contributed by atoms with E-state index >= 15 is 0 Å². The minimum Gasteiger partial charge on any atom is -1.00 e. The van der Waals surface area contributed by atoms with Crippen LogP contribution in [0.2, 0.25) is 0 Å². The van der Waals surface area contributed by atoms with Gasteiger partial charge < -0.3 is 11.8 Å². The van der Waals surface area contributed by atoms with Crippen molar-refractivity contribution in [2.45, 2.75) is 58.4 Å². The number of carbonyl (C=O) groups is 2. The molecule has 18 heavy (non-hydrogen) atoms. The second-order valence-electron chi connectivity index (χ2n) is 5.36. The molecule has 5 heteroatoms. The number of nitrogens with one attached hydrogen (secondary N) is 1. The molecule has 0 radical (unpaired) electrons. The van der Waals surface area contributed by atoms with E-state index < -0.39 is 12.0 Å². The maximum Gasteiger partial charge on any atom is 1.00 e. The Hall–Kier alpha value is -0.0600. The first kappa shape index (κ1) is 17.9. The molecule has 0 bridgehead atoms. The predicted octanol–water partition coefficient (Wildman–Crippen LogP) is -0.701.